The molecule has 1 aromatic carbocycles. The van der Waals surface area contributed by atoms with Crippen LogP contribution in [0, 0.1) is 11.8 Å². The number of halogens is 1. The van der Waals surface area contributed by atoms with E-state index >= 15 is 0 Å². The Bertz CT molecular complexity index is 1230. The number of nitrogens with zero attached hydrogens (tertiary/aromatic N) is 3. The Morgan fingerprint density at radius 2 is 2.03 bits per heavy atom. The number of aliphatic hydroxyl groups is 1. The Labute approximate surface area is 204 Å². The standard InChI is InChI=1S/C26H31ClN4O3/c1-29-7-6-15-11-31(13-21(15)29)12-17-8-16-9-19-14(10-20(16)30(17)2)4-3-5-18-23(19)28-26(34)22(24(18)32)25(27)33/h8-10,15,21-22,24,32H,3-7,11-13H2,1-2H3,(H,28,34). The van der Waals surface area contributed by atoms with Gasteiger partial charge in [-0.3, -0.25) is 14.5 Å². The van der Waals surface area contributed by atoms with Gasteiger partial charge in [-0.1, -0.05) is 0 Å². The monoisotopic (exact) mass is 482 g/mol. The number of fused-ring (bicyclic) bond motifs is 4. The summed E-state index contributed by atoms with van der Waals surface area (Å²) in [5.41, 5.74) is 5.94. The van der Waals surface area contributed by atoms with Crippen LogP contribution in [0.5, 0.6) is 0 Å². The van der Waals surface area contributed by atoms with Crippen LogP contribution in [0.4, 0.5) is 0 Å². The summed E-state index contributed by atoms with van der Waals surface area (Å²) >= 11 is 5.63. The molecule has 0 bridgehead atoms. The van der Waals surface area contributed by atoms with E-state index in [1.807, 2.05) is 0 Å². The third kappa shape index (κ3) is 3.44. The second kappa shape index (κ2) is 8.19. The second-order valence-corrected chi connectivity index (χ2v) is 10.9. The lowest BCUT2D eigenvalue weighted by Gasteiger charge is -2.30. The summed E-state index contributed by atoms with van der Waals surface area (Å²) in [5, 5.41) is 14.0. The number of aromatic nitrogens is 1. The summed E-state index contributed by atoms with van der Waals surface area (Å²) in [5.74, 6) is -0.989. The fraction of sp³-hybridized carbons (Fsp3) is 0.538. The zero-order valence-corrected chi connectivity index (χ0v) is 20.4. The number of rotatable bonds is 3. The van der Waals surface area contributed by atoms with Gasteiger partial charge in [0.25, 0.3) is 0 Å². The van der Waals surface area contributed by atoms with Gasteiger partial charge >= 0.3 is 0 Å². The molecular weight excluding hydrogens is 452 g/mol. The minimum absolute atomic E-state index is 0.530. The molecule has 4 heterocycles. The van der Waals surface area contributed by atoms with Gasteiger partial charge in [0, 0.05) is 54.9 Å². The molecule has 0 spiro atoms. The van der Waals surface area contributed by atoms with E-state index in [1.165, 1.54) is 24.2 Å². The van der Waals surface area contributed by atoms with Gasteiger partial charge in [0.15, 0.2) is 0 Å². The van der Waals surface area contributed by atoms with Crippen LogP contribution in [0.2, 0.25) is 0 Å². The van der Waals surface area contributed by atoms with E-state index in [0.29, 0.717) is 23.7 Å². The number of amides is 1. The molecule has 2 N–H and O–H groups in total. The maximum absolute atomic E-state index is 12.6. The molecule has 2 aromatic rings. The Morgan fingerprint density at radius 1 is 1.21 bits per heavy atom. The highest BCUT2D eigenvalue weighted by atomic mass is 35.5. The highest BCUT2D eigenvalue weighted by Gasteiger charge is 2.42. The maximum atomic E-state index is 12.6. The van der Waals surface area contributed by atoms with Crippen LogP contribution in [0.1, 0.15) is 36.1 Å². The molecule has 4 atom stereocenters. The molecule has 2 saturated heterocycles. The van der Waals surface area contributed by atoms with Crippen LogP contribution < -0.4 is 5.32 Å². The number of hydrogen-bond donors (Lipinski definition) is 2. The van der Waals surface area contributed by atoms with Crippen LogP contribution in [0.25, 0.3) is 16.6 Å². The van der Waals surface area contributed by atoms with Gasteiger partial charge in [-0.05, 0) is 86.1 Å². The van der Waals surface area contributed by atoms with Crippen LogP contribution in [-0.4, -0.2) is 69.5 Å². The molecule has 7 nitrogen and oxygen atoms in total. The molecule has 34 heavy (non-hydrogen) atoms. The van der Waals surface area contributed by atoms with E-state index in [4.69, 9.17) is 11.6 Å². The van der Waals surface area contributed by atoms with Crippen LogP contribution in [0.3, 0.4) is 0 Å². The molecule has 6 rings (SSSR count). The van der Waals surface area contributed by atoms with E-state index < -0.39 is 23.2 Å². The van der Waals surface area contributed by atoms with Crippen LogP contribution in [0.15, 0.2) is 23.8 Å². The molecular formula is C26H31ClN4O3. The number of aliphatic hydroxyl groups excluding tert-OH is 1. The molecule has 1 amide bonds. The van der Waals surface area contributed by atoms with Crippen molar-refractivity contribution in [1.29, 1.82) is 0 Å². The number of likely N-dealkylation sites (tertiary alicyclic amines) is 2. The van der Waals surface area contributed by atoms with E-state index in [-0.39, 0.29) is 0 Å². The number of carbonyl (C=O) groups excluding carboxylic acids is 2. The van der Waals surface area contributed by atoms with Crippen molar-refractivity contribution in [3.05, 3.63) is 40.6 Å². The Morgan fingerprint density at radius 3 is 2.79 bits per heavy atom. The SMILES string of the molecule is CN1CCC2CN(Cc3cc4cc5c(cc4n3C)CCCC3=C5NC(=O)C(C(=O)Cl)C3O)CC21. The molecule has 4 unspecified atom stereocenters. The number of aryl methyl sites for hydroxylation is 2. The first-order valence-electron chi connectivity index (χ1n) is 12.3. The molecule has 0 radical (unpaired) electrons. The van der Waals surface area contributed by atoms with E-state index in [1.54, 1.807) is 0 Å². The molecule has 8 heteroatoms. The first-order valence-corrected chi connectivity index (χ1v) is 12.6. The van der Waals surface area contributed by atoms with Gasteiger partial charge < -0.3 is 19.9 Å². The average molecular weight is 483 g/mol. The van der Waals surface area contributed by atoms with Gasteiger partial charge in [0.1, 0.15) is 5.92 Å². The van der Waals surface area contributed by atoms with Gasteiger partial charge in [-0.2, -0.15) is 0 Å². The fourth-order valence-electron chi connectivity index (χ4n) is 6.68. The predicted octanol–water partition coefficient (Wildman–Crippen LogP) is 2.23. The number of benzene rings is 1. The Balaban J connectivity index is 1.35. The molecule has 180 valence electrons. The highest BCUT2D eigenvalue weighted by Crippen LogP contribution is 2.38. The molecule has 3 aliphatic heterocycles. The van der Waals surface area contributed by atoms with Crippen LogP contribution in [-0.2, 0) is 29.6 Å². The lowest BCUT2D eigenvalue weighted by Crippen LogP contribution is -2.46. The van der Waals surface area contributed by atoms with Crippen molar-refractivity contribution >= 4 is 39.4 Å². The lowest BCUT2D eigenvalue weighted by molar-refractivity contribution is -0.133. The van der Waals surface area contributed by atoms with E-state index in [0.717, 1.165) is 54.9 Å². The van der Waals surface area contributed by atoms with Crippen molar-refractivity contribution in [2.24, 2.45) is 18.9 Å². The minimum atomic E-state index is -1.24. The average Bonchev–Trinajstić information content (AvgIpc) is 3.39. The summed E-state index contributed by atoms with van der Waals surface area (Å²) in [4.78, 5) is 29.5. The summed E-state index contributed by atoms with van der Waals surface area (Å²) in [6, 6.07) is 7.30. The number of likely N-dealkylation sites (N-methyl/N-ethyl adjacent to an activating group) is 1. The van der Waals surface area contributed by atoms with E-state index in [2.05, 4.69) is 52.0 Å². The smallest absolute Gasteiger partial charge is 0.239 e. The molecule has 2 fully saturated rings. The van der Waals surface area contributed by atoms with Gasteiger partial charge in [0.2, 0.25) is 11.1 Å². The van der Waals surface area contributed by atoms with Gasteiger partial charge in [-0.25, -0.2) is 0 Å². The van der Waals surface area contributed by atoms with Crippen molar-refractivity contribution in [3.8, 4) is 0 Å². The third-order valence-corrected chi connectivity index (χ3v) is 8.82. The topological polar surface area (TPSA) is 77.8 Å². The number of carbonyl (C=O) groups is 2. The van der Waals surface area contributed by atoms with Crippen molar-refractivity contribution in [2.45, 2.75) is 44.4 Å². The summed E-state index contributed by atoms with van der Waals surface area (Å²) in [6.45, 7) is 4.43. The first-order chi connectivity index (χ1) is 16.3. The Hall–Kier alpha value is -2.19. The van der Waals surface area contributed by atoms with Crippen molar-refractivity contribution < 1.29 is 14.7 Å². The maximum Gasteiger partial charge on any atom is 0.239 e. The zero-order valence-electron chi connectivity index (χ0n) is 19.7. The normalized spacial score (nSPS) is 29.7. The quantitative estimate of drug-likeness (QED) is 0.518. The number of nitrogens with one attached hydrogen (secondary N) is 1. The number of hydrogen-bond acceptors (Lipinski definition) is 5. The van der Waals surface area contributed by atoms with Crippen LogP contribution >= 0.6 is 11.6 Å². The van der Waals surface area contributed by atoms with Crippen molar-refractivity contribution in [3.63, 3.8) is 0 Å². The highest BCUT2D eigenvalue weighted by molar-refractivity contribution is 6.65. The summed E-state index contributed by atoms with van der Waals surface area (Å²) < 4.78 is 2.30. The van der Waals surface area contributed by atoms with Crippen molar-refractivity contribution in [1.82, 2.24) is 19.7 Å². The molecule has 1 aliphatic carbocycles. The molecule has 1 aromatic heterocycles. The fourth-order valence-corrected chi connectivity index (χ4v) is 6.90. The van der Waals surface area contributed by atoms with Crippen molar-refractivity contribution in [2.75, 3.05) is 26.7 Å². The van der Waals surface area contributed by atoms with Gasteiger partial charge in [0.05, 0.1) is 11.8 Å². The molecule has 0 saturated carbocycles. The zero-order chi connectivity index (χ0) is 23.7. The predicted molar refractivity (Wildman–Crippen MR) is 131 cm³/mol. The lowest BCUT2D eigenvalue weighted by atomic mass is 9.87. The van der Waals surface area contributed by atoms with Gasteiger partial charge in [-0.15, -0.1) is 0 Å². The molecule has 4 aliphatic rings. The summed E-state index contributed by atoms with van der Waals surface area (Å²) in [7, 11) is 4.38. The van der Waals surface area contributed by atoms with E-state index in [9.17, 15) is 14.7 Å². The summed E-state index contributed by atoms with van der Waals surface area (Å²) in [6.07, 6.45) is 2.44. The second-order valence-electron chi connectivity index (χ2n) is 10.5. The Kier molecular flexibility index (Phi) is 5.37. The minimum Gasteiger partial charge on any atom is -0.387 e. The third-order valence-electron chi connectivity index (χ3n) is 8.58. The largest absolute Gasteiger partial charge is 0.387 e. The first kappa shape index (κ1) is 22.3.